The number of nitriles is 1. The minimum Gasteiger partial charge on any atom is -0.377 e. The van der Waals surface area contributed by atoms with Crippen LogP contribution in [0, 0.1) is 18.3 Å². The summed E-state index contributed by atoms with van der Waals surface area (Å²) in [6, 6.07) is 22.9. The van der Waals surface area contributed by atoms with Crippen LogP contribution in [0.3, 0.4) is 0 Å². The third-order valence-corrected chi connectivity index (χ3v) is 6.02. The minimum absolute atomic E-state index is 0.0898. The number of pyridine rings is 1. The van der Waals surface area contributed by atoms with Crippen LogP contribution in [-0.2, 0) is 10.1 Å². The van der Waals surface area contributed by atoms with Gasteiger partial charge in [0.05, 0.1) is 11.6 Å². The van der Waals surface area contributed by atoms with Crippen LogP contribution in [0.1, 0.15) is 22.3 Å². The number of hydrogen-bond donors (Lipinski definition) is 0. The first-order valence-electron chi connectivity index (χ1n) is 9.53. The summed E-state index contributed by atoms with van der Waals surface area (Å²) in [7, 11) is -3.98. The summed E-state index contributed by atoms with van der Waals surface area (Å²) >= 11 is 0. The smallest absolute Gasteiger partial charge is 0.339 e. The maximum Gasteiger partial charge on any atom is 0.339 e. The largest absolute Gasteiger partial charge is 0.377 e. The lowest BCUT2D eigenvalue weighted by Gasteiger charge is -2.10. The molecule has 5 nitrogen and oxygen atoms in total. The predicted molar refractivity (Wildman–Crippen MR) is 121 cm³/mol. The van der Waals surface area contributed by atoms with Crippen molar-refractivity contribution < 1.29 is 12.6 Å². The molecule has 0 aliphatic rings. The summed E-state index contributed by atoms with van der Waals surface area (Å²) in [4.78, 5) is 4.44. The molecule has 152 valence electrons. The van der Waals surface area contributed by atoms with Gasteiger partial charge in [0.25, 0.3) is 0 Å². The highest BCUT2D eigenvalue weighted by Gasteiger charge is 2.18. The summed E-state index contributed by atoms with van der Waals surface area (Å²) in [5.41, 5.74) is 3.83. The zero-order chi connectivity index (χ0) is 21.8. The Hall–Kier alpha value is -3.95. The van der Waals surface area contributed by atoms with Crippen LogP contribution in [0.15, 0.2) is 83.9 Å². The number of fused-ring (bicyclic) bond motifs is 1. The van der Waals surface area contributed by atoms with Gasteiger partial charge in [-0.05, 0) is 54.4 Å². The zero-order valence-corrected chi connectivity index (χ0v) is 17.5. The molecule has 0 atom stereocenters. The van der Waals surface area contributed by atoms with E-state index in [0.717, 1.165) is 22.1 Å². The fraction of sp³-hybridized carbons (Fsp3) is 0.0400. The Morgan fingerprint density at radius 1 is 0.935 bits per heavy atom. The first-order chi connectivity index (χ1) is 15.0. The van der Waals surface area contributed by atoms with Crippen molar-refractivity contribution >= 4 is 33.2 Å². The van der Waals surface area contributed by atoms with Crippen molar-refractivity contribution in [3.8, 4) is 11.8 Å². The Morgan fingerprint density at radius 2 is 1.68 bits per heavy atom. The number of nitrogens with zero attached hydrogens (tertiary/aromatic N) is 2. The third kappa shape index (κ3) is 4.47. The average Bonchev–Trinajstić information content (AvgIpc) is 2.78. The molecule has 1 aromatic heterocycles. The fourth-order valence-corrected chi connectivity index (χ4v) is 4.05. The van der Waals surface area contributed by atoms with Gasteiger partial charge in [-0.2, -0.15) is 13.7 Å². The van der Waals surface area contributed by atoms with Gasteiger partial charge in [0.15, 0.2) is 5.75 Å². The van der Waals surface area contributed by atoms with Crippen LogP contribution in [-0.4, -0.2) is 13.4 Å². The lowest BCUT2D eigenvalue weighted by molar-refractivity contribution is 0.488. The fourth-order valence-electron chi connectivity index (χ4n) is 3.11. The van der Waals surface area contributed by atoms with E-state index in [9.17, 15) is 8.42 Å². The summed E-state index contributed by atoms with van der Waals surface area (Å²) in [5.74, 6) is 0.173. The molecule has 4 rings (SSSR count). The number of benzene rings is 3. The molecule has 0 amide bonds. The molecule has 4 aromatic rings. The van der Waals surface area contributed by atoms with E-state index in [1.807, 2.05) is 43.3 Å². The van der Waals surface area contributed by atoms with Crippen molar-refractivity contribution in [3.05, 3.63) is 101 Å². The van der Waals surface area contributed by atoms with E-state index >= 15 is 0 Å². The van der Waals surface area contributed by atoms with Gasteiger partial charge in [0, 0.05) is 11.6 Å². The van der Waals surface area contributed by atoms with Crippen LogP contribution in [0.5, 0.6) is 5.75 Å². The van der Waals surface area contributed by atoms with Crippen molar-refractivity contribution in [1.82, 2.24) is 4.98 Å². The van der Waals surface area contributed by atoms with E-state index in [2.05, 4.69) is 11.1 Å². The summed E-state index contributed by atoms with van der Waals surface area (Å²) in [6.45, 7) is 1.89. The second-order valence-corrected chi connectivity index (χ2v) is 8.52. The Labute approximate surface area is 181 Å². The zero-order valence-electron chi connectivity index (χ0n) is 16.7. The van der Waals surface area contributed by atoms with Gasteiger partial charge in [0.1, 0.15) is 10.4 Å². The SMILES string of the molecule is Cc1ccc(S(=O)(=O)Oc2cccc3c(/C=C/c4ccc(C#N)cc4)ccnc23)cc1. The molecular weight excluding hydrogens is 408 g/mol. The van der Waals surface area contributed by atoms with Gasteiger partial charge in [-0.1, -0.05) is 54.1 Å². The highest BCUT2D eigenvalue weighted by atomic mass is 32.2. The van der Waals surface area contributed by atoms with E-state index in [-0.39, 0.29) is 10.6 Å². The maximum absolute atomic E-state index is 12.7. The van der Waals surface area contributed by atoms with Crippen molar-refractivity contribution in [1.29, 1.82) is 5.26 Å². The molecule has 0 unspecified atom stereocenters. The molecule has 1 heterocycles. The minimum atomic E-state index is -3.98. The number of hydrogen-bond acceptors (Lipinski definition) is 5. The molecule has 0 saturated carbocycles. The van der Waals surface area contributed by atoms with Crippen molar-refractivity contribution in [2.45, 2.75) is 11.8 Å². The van der Waals surface area contributed by atoms with Gasteiger partial charge in [-0.25, -0.2) is 0 Å². The molecule has 3 aromatic carbocycles. The second-order valence-electron chi connectivity index (χ2n) is 6.97. The van der Waals surface area contributed by atoms with E-state index < -0.39 is 10.1 Å². The molecule has 0 N–H and O–H groups in total. The highest BCUT2D eigenvalue weighted by Crippen LogP contribution is 2.29. The number of para-hydroxylation sites is 1. The topological polar surface area (TPSA) is 80.0 Å². The molecule has 0 aliphatic carbocycles. The van der Waals surface area contributed by atoms with E-state index in [1.54, 1.807) is 42.6 Å². The van der Waals surface area contributed by atoms with Gasteiger partial charge in [-0.15, -0.1) is 0 Å². The number of aryl methyl sites for hydroxylation is 1. The normalized spacial score (nSPS) is 11.5. The van der Waals surface area contributed by atoms with E-state index in [1.165, 1.54) is 12.1 Å². The molecule has 6 heteroatoms. The lowest BCUT2D eigenvalue weighted by atomic mass is 10.1. The number of rotatable bonds is 5. The van der Waals surface area contributed by atoms with Crippen molar-refractivity contribution in [3.63, 3.8) is 0 Å². The summed E-state index contributed by atoms with van der Waals surface area (Å²) in [5, 5.41) is 9.68. The van der Waals surface area contributed by atoms with Gasteiger partial charge >= 0.3 is 10.1 Å². The first kappa shape index (κ1) is 20.3. The van der Waals surface area contributed by atoms with E-state index in [4.69, 9.17) is 9.44 Å². The third-order valence-electron chi connectivity index (χ3n) is 4.77. The van der Waals surface area contributed by atoms with Crippen molar-refractivity contribution in [2.75, 3.05) is 0 Å². The van der Waals surface area contributed by atoms with E-state index in [0.29, 0.717) is 11.1 Å². The van der Waals surface area contributed by atoms with Gasteiger partial charge in [-0.3, -0.25) is 4.98 Å². The molecule has 0 aliphatic heterocycles. The van der Waals surface area contributed by atoms with Crippen LogP contribution < -0.4 is 4.18 Å². The average molecular weight is 426 g/mol. The summed E-state index contributed by atoms with van der Waals surface area (Å²) in [6.07, 6.45) is 5.46. The van der Waals surface area contributed by atoms with Crippen molar-refractivity contribution in [2.24, 2.45) is 0 Å². The van der Waals surface area contributed by atoms with Gasteiger partial charge in [0.2, 0.25) is 0 Å². The molecule has 0 spiro atoms. The molecular formula is C25H18N2O3S. The Bertz CT molecular complexity index is 1420. The van der Waals surface area contributed by atoms with Crippen LogP contribution in [0.4, 0.5) is 0 Å². The second kappa shape index (κ2) is 8.42. The standard InChI is InChI=1S/C25H18N2O3S/c1-18-5-13-22(14-6-18)31(28,29)30-24-4-2-3-23-21(15-16-27-25(23)24)12-11-19-7-9-20(17-26)10-8-19/h2-16H,1H3/b12-11+. The molecule has 0 fully saturated rings. The molecule has 0 bridgehead atoms. The monoisotopic (exact) mass is 426 g/mol. The highest BCUT2D eigenvalue weighted by molar-refractivity contribution is 7.87. The molecule has 0 radical (unpaired) electrons. The van der Waals surface area contributed by atoms with Gasteiger partial charge < -0.3 is 4.18 Å². The predicted octanol–water partition coefficient (Wildman–Crippen LogP) is 5.35. The molecule has 0 saturated heterocycles. The summed E-state index contributed by atoms with van der Waals surface area (Å²) < 4.78 is 30.9. The van der Waals surface area contributed by atoms with Crippen LogP contribution in [0.25, 0.3) is 23.1 Å². The quantitative estimate of drug-likeness (QED) is 0.402. The lowest BCUT2D eigenvalue weighted by Crippen LogP contribution is -2.10. The van der Waals surface area contributed by atoms with Crippen LogP contribution in [0.2, 0.25) is 0 Å². The Kier molecular flexibility index (Phi) is 5.52. The molecule has 31 heavy (non-hydrogen) atoms. The number of aromatic nitrogens is 1. The van der Waals surface area contributed by atoms with Crippen LogP contribution >= 0.6 is 0 Å². The maximum atomic E-state index is 12.7. The Morgan fingerprint density at radius 3 is 2.39 bits per heavy atom. The first-order valence-corrected chi connectivity index (χ1v) is 10.9. The Balaban J connectivity index is 1.68.